The predicted octanol–water partition coefficient (Wildman–Crippen LogP) is 3.39. The van der Waals surface area contributed by atoms with Crippen molar-refractivity contribution in [1.82, 2.24) is 0 Å². The summed E-state index contributed by atoms with van der Waals surface area (Å²) in [6.45, 7) is 10.3. The summed E-state index contributed by atoms with van der Waals surface area (Å²) in [5, 5.41) is 0. The zero-order valence-electron chi connectivity index (χ0n) is 9.98. The van der Waals surface area contributed by atoms with E-state index in [1.165, 1.54) is 7.11 Å². The van der Waals surface area contributed by atoms with Crippen molar-refractivity contribution in [3.05, 3.63) is 0 Å². The van der Waals surface area contributed by atoms with Gasteiger partial charge in [-0.3, -0.25) is 4.79 Å². The molecule has 14 heavy (non-hydrogen) atoms. The van der Waals surface area contributed by atoms with Crippen LogP contribution < -0.4 is 0 Å². The lowest BCUT2D eigenvalue weighted by Crippen LogP contribution is -2.34. The highest BCUT2D eigenvalue weighted by atomic mass is 79.9. The highest BCUT2D eigenvalue weighted by Crippen LogP contribution is 2.39. The molecule has 84 valence electrons. The van der Waals surface area contributed by atoms with E-state index < -0.39 is 0 Å². The number of alkyl halides is 1. The van der Waals surface area contributed by atoms with E-state index in [2.05, 4.69) is 43.6 Å². The van der Waals surface area contributed by atoms with Gasteiger partial charge in [0.05, 0.1) is 13.0 Å². The van der Waals surface area contributed by atoms with Crippen LogP contribution in [0.15, 0.2) is 0 Å². The van der Waals surface area contributed by atoms with Crippen molar-refractivity contribution in [2.75, 3.05) is 7.11 Å². The molecule has 0 amide bonds. The van der Waals surface area contributed by atoms with E-state index in [0.717, 1.165) is 6.42 Å². The minimum atomic E-state index is -0.133. The lowest BCUT2D eigenvalue weighted by atomic mass is 9.74. The Kier molecular flexibility index (Phi) is 4.63. The SMILES string of the molecule is COC(=O)C(C)C(C)(C)CC(C)(C)Br. The number of hydrogen-bond acceptors (Lipinski definition) is 2. The molecule has 0 rings (SSSR count). The van der Waals surface area contributed by atoms with Gasteiger partial charge < -0.3 is 4.74 Å². The topological polar surface area (TPSA) is 26.3 Å². The van der Waals surface area contributed by atoms with Crippen LogP contribution in [-0.2, 0) is 9.53 Å². The number of ether oxygens (including phenoxy) is 1. The molecule has 0 bridgehead atoms. The first kappa shape index (κ1) is 13.9. The molecule has 0 aliphatic rings. The van der Waals surface area contributed by atoms with Gasteiger partial charge in [-0.2, -0.15) is 0 Å². The van der Waals surface area contributed by atoms with Crippen LogP contribution in [0.2, 0.25) is 0 Å². The van der Waals surface area contributed by atoms with E-state index in [1.54, 1.807) is 0 Å². The number of halogens is 1. The molecule has 0 aromatic heterocycles. The Balaban J connectivity index is 4.53. The van der Waals surface area contributed by atoms with Gasteiger partial charge in [0.25, 0.3) is 0 Å². The van der Waals surface area contributed by atoms with Gasteiger partial charge in [0.1, 0.15) is 0 Å². The van der Waals surface area contributed by atoms with Crippen molar-refractivity contribution in [3.8, 4) is 0 Å². The lowest BCUT2D eigenvalue weighted by molar-refractivity contribution is -0.149. The van der Waals surface area contributed by atoms with E-state index >= 15 is 0 Å². The van der Waals surface area contributed by atoms with E-state index in [0.29, 0.717) is 0 Å². The number of esters is 1. The quantitative estimate of drug-likeness (QED) is 0.575. The van der Waals surface area contributed by atoms with Crippen LogP contribution in [0.1, 0.15) is 41.0 Å². The molecule has 0 saturated heterocycles. The number of hydrogen-bond donors (Lipinski definition) is 0. The van der Waals surface area contributed by atoms with Gasteiger partial charge >= 0.3 is 5.97 Å². The third-order valence-electron chi connectivity index (χ3n) is 2.60. The fourth-order valence-corrected chi connectivity index (χ4v) is 2.45. The summed E-state index contributed by atoms with van der Waals surface area (Å²) >= 11 is 3.60. The van der Waals surface area contributed by atoms with Gasteiger partial charge in [-0.25, -0.2) is 0 Å². The molecule has 0 aromatic rings. The van der Waals surface area contributed by atoms with Gasteiger partial charge in [0.15, 0.2) is 0 Å². The highest BCUT2D eigenvalue weighted by Gasteiger charge is 2.36. The van der Waals surface area contributed by atoms with Crippen LogP contribution in [0.3, 0.4) is 0 Å². The van der Waals surface area contributed by atoms with Crippen molar-refractivity contribution in [2.45, 2.75) is 45.4 Å². The Hall–Kier alpha value is -0.0500. The Morgan fingerprint density at radius 3 is 2.07 bits per heavy atom. The molecular weight excluding hydrogens is 244 g/mol. The van der Waals surface area contributed by atoms with Crippen molar-refractivity contribution in [2.24, 2.45) is 11.3 Å². The van der Waals surface area contributed by atoms with Crippen molar-refractivity contribution in [1.29, 1.82) is 0 Å². The summed E-state index contributed by atoms with van der Waals surface area (Å²) in [5.41, 5.74) is -0.0555. The molecule has 0 saturated carbocycles. The van der Waals surface area contributed by atoms with E-state index in [-0.39, 0.29) is 21.6 Å². The van der Waals surface area contributed by atoms with Gasteiger partial charge in [-0.05, 0) is 11.8 Å². The smallest absolute Gasteiger partial charge is 0.308 e. The molecule has 0 spiro atoms. The van der Waals surface area contributed by atoms with Crippen molar-refractivity contribution >= 4 is 21.9 Å². The number of carbonyl (C=O) groups excluding carboxylic acids is 1. The lowest BCUT2D eigenvalue weighted by Gasteiger charge is -2.34. The fourth-order valence-electron chi connectivity index (χ4n) is 1.73. The molecule has 3 heteroatoms. The molecule has 2 nitrogen and oxygen atoms in total. The third kappa shape index (κ3) is 4.45. The van der Waals surface area contributed by atoms with Gasteiger partial charge in [-0.15, -0.1) is 0 Å². The van der Waals surface area contributed by atoms with Crippen molar-refractivity contribution in [3.63, 3.8) is 0 Å². The van der Waals surface area contributed by atoms with Gasteiger partial charge in [0, 0.05) is 4.32 Å². The summed E-state index contributed by atoms with van der Waals surface area (Å²) in [6.07, 6.45) is 0.927. The van der Waals surface area contributed by atoms with E-state index in [4.69, 9.17) is 4.74 Å². The molecule has 0 fully saturated rings. The zero-order chi connectivity index (χ0) is 11.6. The molecule has 0 aliphatic heterocycles. The fraction of sp³-hybridized carbons (Fsp3) is 0.909. The molecule has 0 heterocycles. The standard InChI is InChI=1S/C11H21BrO2/c1-8(9(13)14-6)10(2,3)7-11(4,5)12/h8H,7H2,1-6H3. The minimum absolute atomic E-state index is 0.0543. The number of methoxy groups -OCH3 is 1. The van der Waals surface area contributed by atoms with Crippen LogP contribution in [0.25, 0.3) is 0 Å². The van der Waals surface area contributed by atoms with E-state index in [1.807, 2.05) is 6.92 Å². The minimum Gasteiger partial charge on any atom is -0.469 e. The highest BCUT2D eigenvalue weighted by molar-refractivity contribution is 9.10. The van der Waals surface area contributed by atoms with Crippen LogP contribution in [-0.4, -0.2) is 17.4 Å². The normalized spacial score (nSPS) is 15.1. The monoisotopic (exact) mass is 264 g/mol. The maximum absolute atomic E-state index is 11.4. The molecule has 0 radical (unpaired) electrons. The summed E-state index contributed by atoms with van der Waals surface area (Å²) in [5.74, 6) is -0.212. The summed E-state index contributed by atoms with van der Waals surface area (Å²) in [6, 6.07) is 0. The predicted molar refractivity (Wildman–Crippen MR) is 62.6 cm³/mol. The third-order valence-corrected chi connectivity index (χ3v) is 2.88. The van der Waals surface area contributed by atoms with Crippen LogP contribution in [0.5, 0.6) is 0 Å². The molecule has 0 N–H and O–H groups in total. The van der Waals surface area contributed by atoms with Gasteiger partial charge in [0.2, 0.25) is 0 Å². The largest absolute Gasteiger partial charge is 0.469 e. The second-order valence-corrected chi connectivity index (χ2v) is 7.28. The first-order valence-corrected chi connectivity index (χ1v) is 5.66. The molecule has 1 unspecified atom stereocenters. The van der Waals surface area contributed by atoms with E-state index in [9.17, 15) is 4.79 Å². The second kappa shape index (κ2) is 4.65. The average Bonchev–Trinajstić information content (AvgIpc) is 1.97. The Morgan fingerprint density at radius 2 is 1.79 bits per heavy atom. The summed E-state index contributed by atoms with van der Waals surface area (Å²) in [4.78, 5) is 11.4. The molecular formula is C11H21BrO2. The van der Waals surface area contributed by atoms with Crippen molar-refractivity contribution < 1.29 is 9.53 Å². The number of rotatable bonds is 4. The van der Waals surface area contributed by atoms with Crippen LogP contribution in [0, 0.1) is 11.3 Å². The molecule has 1 atom stereocenters. The Bertz CT molecular complexity index is 204. The summed E-state index contributed by atoms with van der Waals surface area (Å²) < 4.78 is 4.81. The molecule has 0 aromatic carbocycles. The Morgan fingerprint density at radius 1 is 1.36 bits per heavy atom. The molecule has 0 aliphatic carbocycles. The zero-order valence-corrected chi connectivity index (χ0v) is 11.6. The maximum Gasteiger partial charge on any atom is 0.308 e. The summed E-state index contributed by atoms with van der Waals surface area (Å²) in [7, 11) is 1.44. The first-order chi connectivity index (χ1) is 6.10. The van der Waals surface area contributed by atoms with Crippen LogP contribution in [0.4, 0.5) is 0 Å². The average molecular weight is 265 g/mol. The maximum atomic E-state index is 11.4. The van der Waals surface area contributed by atoms with Gasteiger partial charge in [-0.1, -0.05) is 50.5 Å². The van der Waals surface area contributed by atoms with Crippen LogP contribution >= 0.6 is 15.9 Å². The Labute approximate surface area is 95.5 Å². The number of carbonyl (C=O) groups is 1. The first-order valence-electron chi connectivity index (χ1n) is 4.87. The second-order valence-electron chi connectivity index (χ2n) is 5.13.